The summed E-state index contributed by atoms with van der Waals surface area (Å²) in [6.07, 6.45) is 0. The van der Waals surface area contributed by atoms with E-state index in [1.807, 2.05) is 12.3 Å². The van der Waals surface area contributed by atoms with E-state index in [-0.39, 0.29) is 11.8 Å². The molecule has 0 fully saturated rings. The first-order chi connectivity index (χ1) is 7.84. The Hall–Kier alpha value is -0.880. The molecule has 6 heteroatoms. The molecule has 1 aromatic rings. The van der Waals surface area contributed by atoms with Gasteiger partial charge in [0.1, 0.15) is 10.9 Å². The Morgan fingerprint density at radius 2 is 2.06 bits per heavy atom. The minimum Gasteiger partial charge on any atom is -0.480 e. The number of aliphatic carboxylic acids is 1. The van der Waals surface area contributed by atoms with E-state index in [1.165, 1.54) is 11.3 Å². The third kappa shape index (κ3) is 3.29. The Morgan fingerprint density at radius 1 is 1.47 bits per heavy atom. The van der Waals surface area contributed by atoms with Crippen LogP contribution in [0.25, 0.3) is 0 Å². The summed E-state index contributed by atoms with van der Waals surface area (Å²) in [5.41, 5.74) is 0.969. The molecule has 1 heterocycles. The molecular weight excluding hydrogens is 306 g/mol. The number of hydrogen-bond acceptors (Lipinski definition) is 3. The maximum atomic E-state index is 11.9. The number of nitrogens with one attached hydrogen (secondary N) is 1. The molecule has 0 aliphatic heterocycles. The molecule has 0 bridgehead atoms. The molecule has 0 radical (unpaired) electrons. The minimum atomic E-state index is -1.02. The highest BCUT2D eigenvalue weighted by molar-refractivity contribution is 9.10. The molecule has 1 atom stereocenters. The summed E-state index contributed by atoms with van der Waals surface area (Å²) in [6, 6.07) is -0.864. The van der Waals surface area contributed by atoms with Crippen LogP contribution < -0.4 is 5.32 Å². The summed E-state index contributed by atoms with van der Waals surface area (Å²) in [6.45, 7) is 5.40. The first-order valence-electron chi connectivity index (χ1n) is 5.11. The molecule has 0 aliphatic carbocycles. The lowest BCUT2D eigenvalue weighted by Gasteiger charge is -2.17. The number of halogens is 1. The number of amides is 1. The number of hydrogen-bond donors (Lipinski definition) is 2. The molecule has 17 heavy (non-hydrogen) atoms. The zero-order valence-corrected chi connectivity index (χ0v) is 12.2. The van der Waals surface area contributed by atoms with Crippen LogP contribution in [0.5, 0.6) is 0 Å². The number of aryl methyl sites for hydroxylation is 1. The SMILES string of the molecule is Cc1csc(C(=O)N[C@H](C(=O)O)C(C)C)c1Br. The summed E-state index contributed by atoms with van der Waals surface area (Å²) in [4.78, 5) is 23.4. The van der Waals surface area contributed by atoms with Crippen LogP contribution in [0.1, 0.15) is 29.1 Å². The van der Waals surface area contributed by atoms with Gasteiger partial charge in [-0.2, -0.15) is 0 Å². The molecular formula is C11H14BrNO3S. The zero-order valence-electron chi connectivity index (χ0n) is 9.78. The van der Waals surface area contributed by atoms with Crippen molar-refractivity contribution >= 4 is 39.1 Å². The van der Waals surface area contributed by atoms with Gasteiger partial charge in [-0.15, -0.1) is 11.3 Å². The van der Waals surface area contributed by atoms with Gasteiger partial charge in [0.25, 0.3) is 5.91 Å². The first kappa shape index (κ1) is 14.2. The van der Waals surface area contributed by atoms with Gasteiger partial charge in [0.2, 0.25) is 0 Å². The van der Waals surface area contributed by atoms with Crippen molar-refractivity contribution < 1.29 is 14.7 Å². The molecule has 4 nitrogen and oxygen atoms in total. The molecule has 2 N–H and O–H groups in total. The summed E-state index contributed by atoms with van der Waals surface area (Å²) in [5.74, 6) is -1.52. The highest BCUT2D eigenvalue weighted by atomic mass is 79.9. The fourth-order valence-electron chi connectivity index (χ4n) is 1.30. The minimum absolute atomic E-state index is 0.156. The predicted molar refractivity (Wildman–Crippen MR) is 70.5 cm³/mol. The van der Waals surface area contributed by atoms with Gasteiger partial charge in [-0.1, -0.05) is 13.8 Å². The van der Waals surface area contributed by atoms with E-state index in [0.29, 0.717) is 4.88 Å². The lowest BCUT2D eigenvalue weighted by Crippen LogP contribution is -2.44. The van der Waals surface area contributed by atoms with Gasteiger partial charge in [-0.3, -0.25) is 4.79 Å². The molecule has 1 amide bonds. The molecule has 0 aliphatic rings. The summed E-state index contributed by atoms with van der Waals surface area (Å²) in [5, 5.41) is 13.4. The van der Waals surface area contributed by atoms with Crippen molar-refractivity contribution in [3.05, 3.63) is 20.3 Å². The lowest BCUT2D eigenvalue weighted by molar-refractivity contribution is -0.140. The van der Waals surface area contributed by atoms with E-state index in [9.17, 15) is 9.59 Å². The van der Waals surface area contributed by atoms with Crippen molar-refractivity contribution in [1.82, 2.24) is 5.32 Å². The van der Waals surface area contributed by atoms with Gasteiger partial charge in [-0.05, 0) is 39.7 Å². The summed E-state index contributed by atoms with van der Waals surface area (Å²) >= 11 is 4.61. The molecule has 1 aromatic heterocycles. The van der Waals surface area contributed by atoms with E-state index in [1.54, 1.807) is 13.8 Å². The Morgan fingerprint density at radius 3 is 2.41 bits per heavy atom. The first-order valence-corrected chi connectivity index (χ1v) is 6.79. The van der Waals surface area contributed by atoms with Crippen molar-refractivity contribution in [2.75, 3.05) is 0 Å². The van der Waals surface area contributed by atoms with Crippen molar-refractivity contribution in [2.45, 2.75) is 26.8 Å². The van der Waals surface area contributed by atoms with Crippen LogP contribution in [-0.2, 0) is 4.79 Å². The standard InChI is InChI=1S/C11H14BrNO3S/c1-5(2)8(11(15)16)13-10(14)9-7(12)6(3)4-17-9/h4-5,8H,1-3H3,(H,13,14)(H,15,16)/t8-/m0/s1. The van der Waals surface area contributed by atoms with Crippen LogP contribution in [0.3, 0.4) is 0 Å². The molecule has 1 rings (SSSR count). The summed E-state index contributed by atoms with van der Waals surface area (Å²) in [7, 11) is 0. The van der Waals surface area contributed by atoms with Crippen LogP contribution >= 0.6 is 27.3 Å². The fraction of sp³-hybridized carbons (Fsp3) is 0.455. The average Bonchev–Trinajstić information content (AvgIpc) is 2.55. The maximum Gasteiger partial charge on any atom is 0.326 e. The van der Waals surface area contributed by atoms with Crippen LogP contribution in [0.15, 0.2) is 9.85 Å². The summed E-state index contributed by atoms with van der Waals surface area (Å²) < 4.78 is 0.730. The number of rotatable bonds is 4. The molecule has 94 valence electrons. The fourth-order valence-corrected chi connectivity index (χ4v) is 2.87. The Kier molecular flexibility index (Phi) is 4.70. The molecule has 0 aromatic carbocycles. The van der Waals surface area contributed by atoms with Crippen LogP contribution in [0.2, 0.25) is 0 Å². The Bertz CT molecular complexity index is 442. The van der Waals surface area contributed by atoms with Crippen LogP contribution in [0.4, 0.5) is 0 Å². The molecule has 0 saturated carbocycles. The molecule has 0 unspecified atom stereocenters. The largest absolute Gasteiger partial charge is 0.480 e. The topological polar surface area (TPSA) is 66.4 Å². The van der Waals surface area contributed by atoms with E-state index in [2.05, 4.69) is 21.2 Å². The maximum absolute atomic E-state index is 11.9. The number of carboxylic acids is 1. The quantitative estimate of drug-likeness (QED) is 0.896. The second-order valence-electron chi connectivity index (χ2n) is 4.10. The molecule has 0 saturated heterocycles. The Balaban J connectivity index is 2.85. The highest BCUT2D eigenvalue weighted by Gasteiger charge is 2.25. The zero-order chi connectivity index (χ0) is 13.2. The monoisotopic (exact) mass is 319 g/mol. The van der Waals surface area contributed by atoms with E-state index in [0.717, 1.165) is 10.0 Å². The highest BCUT2D eigenvalue weighted by Crippen LogP contribution is 2.27. The van der Waals surface area contributed by atoms with E-state index >= 15 is 0 Å². The lowest BCUT2D eigenvalue weighted by atomic mass is 10.0. The van der Waals surface area contributed by atoms with Gasteiger partial charge in [0.15, 0.2) is 0 Å². The van der Waals surface area contributed by atoms with Gasteiger partial charge in [0, 0.05) is 4.47 Å². The van der Waals surface area contributed by atoms with Crippen molar-refractivity contribution in [3.63, 3.8) is 0 Å². The second-order valence-corrected chi connectivity index (χ2v) is 5.77. The van der Waals surface area contributed by atoms with Crippen LogP contribution in [-0.4, -0.2) is 23.0 Å². The van der Waals surface area contributed by atoms with Crippen molar-refractivity contribution in [3.8, 4) is 0 Å². The number of thiophene rings is 1. The van der Waals surface area contributed by atoms with Gasteiger partial charge >= 0.3 is 5.97 Å². The van der Waals surface area contributed by atoms with Crippen molar-refractivity contribution in [1.29, 1.82) is 0 Å². The smallest absolute Gasteiger partial charge is 0.326 e. The van der Waals surface area contributed by atoms with Crippen LogP contribution in [0, 0.1) is 12.8 Å². The van der Waals surface area contributed by atoms with Gasteiger partial charge in [0.05, 0.1) is 0 Å². The number of carbonyl (C=O) groups is 2. The average molecular weight is 320 g/mol. The predicted octanol–water partition coefficient (Wildman–Crippen LogP) is 2.66. The second kappa shape index (κ2) is 5.64. The van der Waals surface area contributed by atoms with Gasteiger partial charge in [-0.25, -0.2) is 4.79 Å². The third-order valence-corrected chi connectivity index (χ3v) is 4.71. The number of carbonyl (C=O) groups excluding carboxylic acids is 1. The van der Waals surface area contributed by atoms with E-state index < -0.39 is 12.0 Å². The Labute approximate surface area is 112 Å². The number of carboxylic acid groups (broad SMARTS) is 1. The van der Waals surface area contributed by atoms with Gasteiger partial charge < -0.3 is 10.4 Å². The third-order valence-electron chi connectivity index (χ3n) is 2.32. The normalized spacial score (nSPS) is 12.5. The van der Waals surface area contributed by atoms with E-state index in [4.69, 9.17) is 5.11 Å². The van der Waals surface area contributed by atoms with Crippen molar-refractivity contribution in [2.24, 2.45) is 5.92 Å². The molecule has 0 spiro atoms.